The largest absolute Gasteiger partial charge is 0.393 e. The topological polar surface area (TPSA) is 36.4 Å². The maximum Gasteiger partial charge on any atom is 0.123 e. The molecule has 0 amide bonds. The van der Waals surface area contributed by atoms with Crippen LogP contribution in [0.2, 0.25) is 0 Å². The van der Waals surface area contributed by atoms with Crippen LogP contribution in [0.4, 0.5) is 0 Å². The zero-order valence-electron chi connectivity index (χ0n) is 13.3. The van der Waals surface area contributed by atoms with Crippen LogP contribution in [0.1, 0.15) is 43.0 Å². The number of aromatic nitrogens is 1. The first-order valence-electron chi connectivity index (χ1n) is 8.07. The van der Waals surface area contributed by atoms with E-state index in [-0.39, 0.29) is 6.10 Å². The van der Waals surface area contributed by atoms with Gasteiger partial charge in [-0.25, -0.2) is 4.98 Å². The number of aliphatic hydroxyl groups is 1. The van der Waals surface area contributed by atoms with Gasteiger partial charge in [0.1, 0.15) is 5.01 Å². The third-order valence-electron chi connectivity index (χ3n) is 4.31. The van der Waals surface area contributed by atoms with Crippen LogP contribution in [0.15, 0.2) is 30.5 Å². The van der Waals surface area contributed by atoms with Gasteiger partial charge >= 0.3 is 0 Å². The van der Waals surface area contributed by atoms with E-state index in [0.29, 0.717) is 5.92 Å². The molecule has 118 valence electrons. The lowest BCUT2D eigenvalue weighted by Crippen LogP contribution is -2.35. The summed E-state index contributed by atoms with van der Waals surface area (Å²) in [5.41, 5.74) is 2.57. The molecule has 0 aliphatic carbocycles. The predicted molar refractivity (Wildman–Crippen MR) is 92.2 cm³/mol. The van der Waals surface area contributed by atoms with E-state index < -0.39 is 0 Å². The van der Waals surface area contributed by atoms with Crippen molar-refractivity contribution in [3.05, 3.63) is 40.9 Å². The van der Waals surface area contributed by atoms with Crippen molar-refractivity contribution < 1.29 is 5.11 Å². The van der Waals surface area contributed by atoms with Crippen molar-refractivity contribution in [3.8, 4) is 10.6 Å². The Morgan fingerprint density at radius 1 is 1.23 bits per heavy atom. The summed E-state index contributed by atoms with van der Waals surface area (Å²) in [6.45, 7) is 7.35. The average Bonchev–Trinajstić information content (AvgIpc) is 2.98. The molecule has 1 saturated heterocycles. The molecule has 3 nitrogen and oxygen atoms in total. The van der Waals surface area contributed by atoms with Gasteiger partial charge in [-0.1, -0.05) is 38.1 Å². The number of benzene rings is 1. The first-order valence-corrected chi connectivity index (χ1v) is 8.89. The minimum atomic E-state index is -0.104. The molecule has 0 spiro atoms. The van der Waals surface area contributed by atoms with Crippen LogP contribution in [0, 0.1) is 0 Å². The first kappa shape index (κ1) is 15.7. The normalized spacial score (nSPS) is 17.3. The molecule has 1 fully saturated rings. The average molecular weight is 316 g/mol. The highest BCUT2D eigenvalue weighted by Crippen LogP contribution is 2.28. The highest BCUT2D eigenvalue weighted by atomic mass is 32.1. The van der Waals surface area contributed by atoms with Crippen LogP contribution >= 0.6 is 11.3 Å². The van der Waals surface area contributed by atoms with E-state index in [1.165, 1.54) is 16.0 Å². The fourth-order valence-electron chi connectivity index (χ4n) is 2.82. The number of rotatable bonds is 4. The molecule has 0 bridgehead atoms. The van der Waals surface area contributed by atoms with Gasteiger partial charge in [0, 0.05) is 36.3 Å². The molecule has 1 N–H and O–H groups in total. The molecule has 3 rings (SSSR count). The maximum atomic E-state index is 9.57. The van der Waals surface area contributed by atoms with E-state index in [4.69, 9.17) is 0 Å². The Bertz CT molecular complexity index is 598. The van der Waals surface area contributed by atoms with Gasteiger partial charge in [0.2, 0.25) is 0 Å². The summed E-state index contributed by atoms with van der Waals surface area (Å²) in [6.07, 6.45) is 3.68. The van der Waals surface area contributed by atoms with Gasteiger partial charge in [-0.15, -0.1) is 11.3 Å². The smallest absolute Gasteiger partial charge is 0.123 e. The second-order valence-corrected chi connectivity index (χ2v) is 7.53. The van der Waals surface area contributed by atoms with Crippen LogP contribution in [0.3, 0.4) is 0 Å². The summed E-state index contributed by atoms with van der Waals surface area (Å²) in [6, 6.07) is 8.75. The second-order valence-electron chi connectivity index (χ2n) is 6.42. The molecule has 1 aliphatic heterocycles. The summed E-state index contributed by atoms with van der Waals surface area (Å²) in [7, 11) is 0. The zero-order chi connectivity index (χ0) is 15.5. The Morgan fingerprint density at radius 2 is 1.91 bits per heavy atom. The van der Waals surface area contributed by atoms with Gasteiger partial charge < -0.3 is 5.11 Å². The molecule has 22 heavy (non-hydrogen) atoms. The number of piperidine rings is 1. The maximum absolute atomic E-state index is 9.57. The number of hydrogen-bond acceptors (Lipinski definition) is 4. The van der Waals surface area contributed by atoms with Crippen LogP contribution in [-0.2, 0) is 6.54 Å². The minimum Gasteiger partial charge on any atom is -0.393 e. The summed E-state index contributed by atoms with van der Waals surface area (Å²) in [4.78, 5) is 8.30. The Hall–Kier alpha value is -1.23. The molecular weight excluding hydrogens is 292 g/mol. The van der Waals surface area contributed by atoms with Crippen molar-refractivity contribution >= 4 is 11.3 Å². The van der Waals surface area contributed by atoms with Crippen LogP contribution in [0.5, 0.6) is 0 Å². The highest BCUT2D eigenvalue weighted by Gasteiger charge is 2.17. The van der Waals surface area contributed by atoms with Crippen molar-refractivity contribution in [3.63, 3.8) is 0 Å². The number of hydrogen-bond donors (Lipinski definition) is 1. The highest BCUT2D eigenvalue weighted by molar-refractivity contribution is 7.15. The molecule has 1 aliphatic rings. The summed E-state index contributed by atoms with van der Waals surface area (Å²) < 4.78 is 0. The van der Waals surface area contributed by atoms with Crippen molar-refractivity contribution in [1.82, 2.24) is 9.88 Å². The molecule has 0 unspecified atom stereocenters. The van der Waals surface area contributed by atoms with Crippen molar-refractivity contribution in [1.29, 1.82) is 0 Å². The Morgan fingerprint density at radius 3 is 2.55 bits per heavy atom. The van der Waals surface area contributed by atoms with Crippen molar-refractivity contribution in [2.24, 2.45) is 0 Å². The standard InChI is InChI=1S/C18H24N2OS/c1-13(2)14-3-5-15(6-4-14)18-19-11-17(22-18)12-20-9-7-16(21)8-10-20/h3-6,11,13,16,21H,7-10,12H2,1-2H3. The first-order chi connectivity index (χ1) is 10.6. The summed E-state index contributed by atoms with van der Waals surface area (Å²) in [5, 5.41) is 10.7. The van der Waals surface area contributed by atoms with E-state index in [2.05, 4.69) is 48.0 Å². The van der Waals surface area contributed by atoms with Crippen molar-refractivity contribution in [2.75, 3.05) is 13.1 Å². The predicted octanol–water partition coefficient (Wildman–Crippen LogP) is 3.89. The Balaban J connectivity index is 1.65. The monoisotopic (exact) mass is 316 g/mol. The third kappa shape index (κ3) is 3.75. The molecule has 2 aromatic rings. The molecular formula is C18H24N2OS. The Labute approximate surface area is 136 Å². The van der Waals surface area contributed by atoms with E-state index in [0.717, 1.165) is 37.5 Å². The van der Waals surface area contributed by atoms with Gasteiger partial charge in [0.25, 0.3) is 0 Å². The van der Waals surface area contributed by atoms with Crippen LogP contribution in [-0.4, -0.2) is 34.2 Å². The fourth-order valence-corrected chi connectivity index (χ4v) is 3.78. The number of likely N-dealkylation sites (tertiary alicyclic amines) is 1. The Kier molecular flexibility index (Phi) is 4.91. The lowest BCUT2D eigenvalue weighted by Gasteiger charge is -2.28. The second kappa shape index (κ2) is 6.90. The lowest BCUT2D eigenvalue weighted by molar-refractivity contribution is 0.0797. The lowest BCUT2D eigenvalue weighted by atomic mass is 10.0. The number of aliphatic hydroxyl groups excluding tert-OH is 1. The van der Waals surface area contributed by atoms with Gasteiger partial charge in [0.05, 0.1) is 6.10 Å². The third-order valence-corrected chi connectivity index (χ3v) is 5.35. The van der Waals surface area contributed by atoms with E-state index in [1.54, 1.807) is 11.3 Å². The van der Waals surface area contributed by atoms with E-state index in [9.17, 15) is 5.11 Å². The quantitative estimate of drug-likeness (QED) is 0.929. The van der Waals surface area contributed by atoms with Crippen LogP contribution in [0.25, 0.3) is 10.6 Å². The van der Waals surface area contributed by atoms with Gasteiger partial charge in [0.15, 0.2) is 0 Å². The molecule has 4 heteroatoms. The molecule has 0 radical (unpaired) electrons. The zero-order valence-corrected chi connectivity index (χ0v) is 14.1. The molecule has 0 atom stereocenters. The van der Waals surface area contributed by atoms with Crippen LogP contribution < -0.4 is 0 Å². The minimum absolute atomic E-state index is 0.104. The van der Waals surface area contributed by atoms with Gasteiger partial charge in [-0.2, -0.15) is 0 Å². The van der Waals surface area contributed by atoms with E-state index in [1.807, 2.05) is 6.20 Å². The summed E-state index contributed by atoms with van der Waals surface area (Å²) in [5.74, 6) is 0.565. The molecule has 0 saturated carbocycles. The molecule has 1 aromatic heterocycles. The van der Waals surface area contributed by atoms with Gasteiger partial charge in [-0.3, -0.25) is 4.90 Å². The molecule has 2 heterocycles. The van der Waals surface area contributed by atoms with Crippen molar-refractivity contribution in [2.45, 2.75) is 45.3 Å². The number of nitrogens with zero attached hydrogens (tertiary/aromatic N) is 2. The van der Waals surface area contributed by atoms with Gasteiger partial charge in [-0.05, 0) is 24.3 Å². The fraction of sp³-hybridized carbons (Fsp3) is 0.500. The number of thiazole rings is 1. The SMILES string of the molecule is CC(C)c1ccc(-c2ncc(CN3CCC(O)CC3)s2)cc1. The molecule has 1 aromatic carbocycles. The van der Waals surface area contributed by atoms with E-state index >= 15 is 0 Å². The summed E-state index contributed by atoms with van der Waals surface area (Å²) >= 11 is 1.78.